The minimum atomic E-state index is -0.475. The maximum absolute atomic E-state index is 13.2. The summed E-state index contributed by atoms with van der Waals surface area (Å²) in [4.78, 5) is 3.84. The van der Waals surface area contributed by atoms with Gasteiger partial charge >= 0.3 is 0 Å². The van der Waals surface area contributed by atoms with Gasteiger partial charge in [0.25, 0.3) is 0 Å². The Morgan fingerprint density at radius 2 is 1.88 bits per heavy atom. The van der Waals surface area contributed by atoms with Crippen LogP contribution in [0.15, 0.2) is 30.5 Å². The lowest BCUT2D eigenvalue weighted by Crippen LogP contribution is -1.94. The molecule has 5 heteroatoms. The third-order valence-electron chi connectivity index (χ3n) is 2.24. The second-order valence-electron chi connectivity index (χ2n) is 3.31. The molecule has 0 spiro atoms. The van der Waals surface area contributed by atoms with Crippen LogP contribution in [0.3, 0.4) is 0 Å². The molecule has 0 atom stereocenters. The van der Waals surface area contributed by atoms with Crippen molar-refractivity contribution in [3.8, 4) is 17.0 Å². The van der Waals surface area contributed by atoms with E-state index in [4.69, 9.17) is 27.9 Å². The molecule has 0 saturated heterocycles. The normalized spacial score (nSPS) is 10.4. The highest BCUT2D eigenvalue weighted by Crippen LogP contribution is 2.38. The minimum Gasteiger partial charge on any atom is -0.481 e. The van der Waals surface area contributed by atoms with Gasteiger partial charge in [-0.25, -0.2) is 9.37 Å². The summed E-state index contributed by atoms with van der Waals surface area (Å²) < 4.78 is 18.3. The van der Waals surface area contributed by atoms with Crippen LogP contribution >= 0.6 is 23.2 Å². The van der Waals surface area contributed by atoms with E-state index in [0.29, 0.717) is 21.2 Å². The van der Waals surface area contributed by atoms with Gasteiger partial charge in [-0.1, -0.05) is 29.3 Å². The number of methoxy groups -OCH3 is 1. The molecule has 0 amide bonds. The molecule has 0 bridgehead atoms. The molecule has 0 N–H and O–H groups in total. The van der Waals surface area contributed by atoms with Gasteiger partial charge in [0.2, 0.25) is 5.88 Å². The summed E-state index contributed by atoms with van der Waals surface area (Å²) >= 11 is 12.1. The lowest BCUT2D eigenvalue weighted by Gasteiger charge is -2.10. The first-order valence-electron chi connectivity index (χ1n) is 4.77. The molecule has 0 fully saturated rings. The van der Waals surface area contributed by atoms with Crippen LogP contribution in [0.4, 0.5) is 4.39 Å². The number of hydrogen-bond donors (Lipinski definition) is 0. The van der Waals surface area contributed by atoms with Gasteiger partial charge < -0.3 is 4.74 Å². The van der Waals surface area contributed by atoms with E-state index in [-0.39, 0.29) is 5.88 Å². The fourth-order valence-electron chi connectivity index (χ4n) is 1.52. The zero-order chi connectivity index (χ0) is 12.4. The number of aromatic nitrogens is 1. The molecule has 0 aliphatic rings. The van der Waals surface area contributed by atoms with E-state index < -0.39 is 5.82 Å². The summed E-state index contributed by atoms with van der Waals surface area (Å²) in [6.45, 7) is 0. The molecule has 0 radical (unpaired) electrons. The number of hydrogen-bond acceptors (Lipinski definition) is 2. The molecule has 2 rings (SSSR count). The summed E-state index contributed by atoms with van der Waals surface area (Å²) in [5.74, 6) is -0.196. The first-order chi connectivity index (χ1) is 8.13. The molecule has 1 aromatic carbocycles. The van der Waals surface area contributed by atoms with Crippen LogP contribution in [-0.4, -0.2) is 12.1 Å². The SMILES string of the molecule is COc1ncc(F)cc1-c1c(Cl)cccc1Cl. The summed E-state index contributed by atoms with van der Waals surface area (Å²) in [6.07, 6.45) is 1.08. The Balaban J connectivity index is 2.71. The maximum Gasteiger partial charge on any atom is 0.221 e. The largest absolute Gasteiger partial charge is 0.481 e. The van der Waals surface area contributed by atoms with Crippen LogP contribution in [0.5, 0.6) is 5.88 Å². The summed E-state index contributed by atoms with van der Waals surface area (Å²) in [5, 5.41) is 0.839. The fourth-order valence-corrected chi connectivity index (χ4v) is 2.12. The first-order valence-corrected chi connectivity index (χ1v) is 5.53. The quantitative estimate of drug-likeness (QED) is 0.817. The van der Waals surface area contributed by atoms with Gasteiger partial charge in [-0.3, -0.25) is 0 Å². The predicted octanol–water partition coefficient (Wildman–Crippen LogP) is 4.20. The maximum atomic E-state index is 13.2. The number of halogens is 3. The standard InChI is InChI=1S/C12H8Cl2FNO/c1-17-12-8(5-7(15)6-16-12)11-9(13)3-2-4-10(11)14/h2-6H,1H3. The molecular formula is C12H8Cl2FNO. The van der Waals surface area contributed by atoms with Gasteiger partial charge in [-0.15, -0.1) is 0 Å². The average Bonchev–Trinajstić information content (AvgIpc) is 2.29. The van der Waals surface area contributed by atoms with E-state index in [0.717, 1.165) is 6.20 Å². The van der Waals surface area contributed by atoms with Crippen LogP contribution < -0.4 is 4.74 Å². The average molecular weight is 272 g/mol. The highest BCUT2D eigenvalue weighted by atomic mass is 35.5. The molecule has 0 aliphatic heterocycles. The third kappa shape index (κ3) is 2.35. The van der Waals surface area contributed by atoms with Gasteiger partial charge in [0.1, 0.15) is 5.82 Å². The number of benzene rings is 1. The molecule has 0 saturated carbocycles. The summed E-state index contributed by atoms with van der Waals surface area (Å²) in [7, 11) is 1.45. The van der Waals surface area contributed by atoms with Crippen LogP contribution in [0.1, 0.15) is 0 Å². The Labute approximate surface area is 108 Å². The van der Waals surface area contributed by atoms with E-state index >= 15 is 0 Å². The van der Waals surface area contributed by atoms with Crippen molar-refractivity contribution in [1.29, 1.82) is 0 Å². The number of pyridine rings is 1. The van der Waals surface area contributed by atoms with Gasteiger partial charge in [-0.05, 0) is 18.2 Å². The minimum absolute atomic E-state index is 0.279. The van der Waals surface area contributed by atoms with Gasteiger partial charge in [0, 0.05) is 11.1 Å². The van der Waals surface area contributed by atoms with Crippen molar-refractivity contribution in [3.63, 3.8) is 0 Å². The topological polar surface area (TPSA) is 22.1 Å². The van der Waals surface area contributed by atoms with E-state index in [9.17, 15) is 4.39 Å². The van der Waals surface area contributed by atoms with Crippen molar-refractivity contribution >= 4 is 23.2 Å². The van der Waals surface area contributed by atoms with Crippen molar-refractivity contribution in [2.24, 2.45) is 0 Å². The van der Waals surface area contributed by atoms with Crippen LogP contribution in [0.2, 0.25) is 10.0 Å². The number of rotatable bonds is 2. The monoisotopic (exact) mass is 271 g/mol. The Kier molecular flexibility index (Phi) is 3.50. The fraction of sp³-hybridized carbons (Fsp3) is 0.0833. The number of nitrogens with zero attached hydrogens (tertiary/aromatic N) is 1. The Morgan fingerprint density at radius 3 is 2.47 bits per heavy atom. The molecular weight excluding hydrogens is 264 g/mol. The highest BCUT2D eigenvalue weighted by Gasteiger charge is 2.15. The third-order valence-corrected chi connectivity index (χ3v) is 2.87. The predicted molar refractivity (Wildman–Crippen MR) is 66.2 cm³/mol. The second kappa shape index (κ2) is 4.90. The highest BCUT2D eigenvalue weighted by molar-refractivity contribution is 6.39. The van der Waals surface area contributed by atoms with E-state index in [1.807, 2.05) is 0 Å². The molecule has 0 unspecified atom stereocenters. The van der Waals surface area contributed by atoms with Crippen molar-refractivity contribution in [2.45, 2.75) is 0 Å². The molecule has 2 nitrogen and oxygen atoms in total. The summed E-state index contributed by atoms with van der Waals surface area (Å²) in [6, 6.07) is 6.35. The number of ether oxygens (including phenoxy) is 1. The van der Waals surface area contributed by atoms with E-state index in [1.165, 1.54) is 13.2 Å². The Bertz CT molecular complexity index is 540. The lowest BCUT2D eigenvalue weighted by atomic mass is 10.1. The molecule has 1 aromatic heterocycles. The molecule has 17 heavy (non-hydrogen) atoms. The molecule has 2 aromatic rings. The lowest BCUT2D eigenvalue weighted by molar-refractivity contribution is 0.397. The molecule has 1 heterocycles. The zero-order valence-corrected chi connectivity index (χ0v) is 10.4. The van der Waals surface area contributed by atoms with Crippen LogP contribution in [0, 0.1) is 5.82 Å². The second-order valence-corrected chi connectivity index (χ2v) is 4.12. The Morgan fingerprint density at radius 1 is 1.24 bits per heavy atom. The molecule has 88 valence electrons. The van der Waals surface area contributed by atoms with Crippen LogP contribution in [-0.2, 0) is 0 Å². The van der Waals surface area contributed by atoms with Crippen molar-refractivity contribution in [1.82, 2.24) is 4.98 Å². The molecule has 0 aliphatic carbocycles. The van der Waals surface area contributed by atoms with Gasteiger partial charge in [-0.2, -0.15) is 0 Å². The Hall–Kier alpha value is -1.32. The van der Waals surface area contributed by atoms with Crippen molar-refractivity contribution in [2.75, 3.05) is 7.11 Å². The first kappa shape index (κ1) is 12.1. The van der Waals surface area contributed by atoms with Gasteiger partial charge in [0.05, 0.1) is 23.4 Å². The van der Waals surface area contributed by atoms with Crippen LogP contribution in [0.25, 0.3) is 11.1 Å². The van der Waals surface area contributed by atoms with Crippen molar-refractivity contribution in [3.05, 3.63) is 46.3 Å². The van der Waals surface area contributed by atoms with Gasteiger partial charge in [0.15, 0.2) is 0 Å². The smallest absolute Gasteiger partial charge is 0.221 e. The van der Waals surface area contributed by atoms with E-state index in [2.05, 4.69) is 4.98 Å². The summed E-state index contributed by atoms with van der Waals surface area (Å²) in [5.41, 5.74) is 0.947. The van der Waals surface area contributed by atoms with Crippen molar-refractivity contribution < 1.29 is 9.13 Å². The van der Waals surface area contributed by atoms with E-state index in [1.54, 1.807) is 18.2 Å². The zero-order valence-electron chi connectivity index (χ0n) is 8.88.